The van der Waals surface area contributed by atoms with Crippen LogP contribution in [0.3, 0.4) is 0 Å². The zero-order valence-corrected chi connectivity index (χ0v) is 16.9. The van der Waals surface area contributed by atoms with Crippen LogP contribution >= 0.6 is 0 Å². The number of anilines is 2. The number of methoxy groups -OCH3 is 2. The average molecular weight is 432 g/mol. The summed E-state index contributed by atoms with van der Waals surface area (Å²) in [5.74, 6) is -5.72. The summed E-state index contributed by atoms with van der Waals surface area (Å²) in [4.78, 5) is 12.8. The summed E-state index contributed by atoms with van der Waals surface area (Å²) in [5.41, 5.74) is -0.910. The molecule has 0 heterocycles. The first-order valence-corrected chi connectivity index (χ1v) is 9.85. The smallest absolute Gasteiger partial charge is 0.258 e. The second-order valence-corrected chi connectivity index (χ2v) is 8.06. The Hall–Kier alpha value is -2.95. The molecule has 7 nitrogen and oxygen atoms in total. The summed E-state index contributed by atoms with van der Waals surface area (Å²) in [6.45, 7) is 1.42. The Bertz CT molecular complexity index is 1040. The molecule has 1 N–H and O–H groups in total. The minimum atomic E-state index is -3.77. The maximum Gasteiger partial charge on any atom is 0.258 e. The number of halogens is 3. The minimum Gasteiger partial charge on any atom is -0.493 e. The first kappa shape index (κ1) is 22.3. The lowest BCUT2D eigenvalue weighted by atomic mass is 10.1. The van der Waals surface area contributed by atoms with Gasteiger partial charge in [-0.05, 0) is 25.1 Å². The standard InChI is InChI=1S/C18H19F3N2O5S/c1-5-29(25,26)23(2)13-9-15(28-4)14(27-3)8-10(13)18(24)22-12-7-6-11(19)16(20)17(12)21/h6-9H,5H2,1-4H3,(H,22,24). The van der Waals surface area contributed by atoms with Gasteiger partial charge >= 0.3 is 0 Å². The Labute approximate surface area is 166 Å². The van der Waals surface area contributed by atoms with Crippen molar-refractivity contribution >= 4 is 27.3 Å². The van der Waals surface area contributed by atoms with E-state index in [9.17, 15) is 26.4 Å². The Morgan fingerprint density at radius 3 is 2.21 bits per heavy atom. The summed E-state index contributed by atoms with van der Waals surface area (Å²) in [5, 5.41) is 2.11. The van der Waals surface area contributed by atoms with Gasteiger partial charge < -0.3 is 14.8 Å². The van der Waals surface area contributed by atoms with E-state index in [0.29, 0.717) is 6.07 Å². The van der Waals surface area contributed by atoms with Crippen molar-refractivity contribution in [2.45, 2.75) is 6.92 Å². The summed E-state index contributed by atoms with van der Waals surface area (Å²) in [6.07, 6.45) is 0. The van der Waals surface area contributed by atoms with Gasteiger partial charge in [0.25, 0.3) is 5.91 Å². The van der Waals surface area contributed by atoms with Gasteiger partial charge in [-0.2, -0.15) is 0 Å². The van der Waals surface area contributed by atoms with Crippen molar-refractivity contribution in [3.05, 3.63) is 47.3 Å². The van der Waals surface area contributed by atoms with Crippen LogP contribution in [-0.2, 0) is 10.0 Å². The molecular weight excluding hydrogens is 413 g/mol. The van der Waals surface area contributed by atoms with E-state index in [1.54, 1.807) is 0 Å². The predicted molar refractivity (Wildman–Crippen MR) is 102 cm³/mol. The third-order valence-corrected chi connectivity index (χ3v) is 5.91. The van der Waals surface area contributed by atoms with Gasteiger partial charge in [-0.15, -0.1) is 0 Å². The number of sulfonamides is 1. The molecule has 0 atom stereocenters. The summed E-state index contributed by atoms with van der Waals surface area (Å²) in [7, 11) is 0.0913. The minimum absolute atomic E-state index is 0.0787. The highest BCUT2D eigenvalue weighted by atomic mass is 32.2. The van der Waals surface area contributed by atoms with Crippen LogP contribution in [-0.4, -0.2) is 41.3 Å². The quantitative estimate of drug-likeness (QED) is 0.680. The van der Waals surface area contributed by atoms with E-state index in [-0.39, 0.29) is 28.5 Å². The molecule has 0 aromatic heterocycles. The second kappa shape index (κ2) is 8.60. The van der Waals surface area contributed by atoms with Crippen LogP contribution in [0.15, 0.2) is 24.3 Å². The van der Waals surface area contributed by atoms with Crippen molar-refractivity contribution in [2.75, 3.05) is 36.6 Å². The third kappa shape index (κ3) is 4.39. The van der Waals surface area contributed by atoms with Gasteiger partial charge in [-0.3, -0.25) is 9.10 Å². The molecule has 0 aliphatic rings. The number of hydrogen-bond donors (Lipinski definition) is 1. The number of carbonyl (C=O) groups is 1. The summed E-state index contributed by atoms with van der Waals surface area (Å²) >= 11 is 0. The van der Waals surface area contributed by atoms with E-state index >= 15 is 0 Å². The molecule has 0 saturated heterocycles. The lowest BCUT2D eigenvalue weighted by Crippen LogP contribution is -2.30. The number of nitrogens with one attached hydrogen (secondary N) is 1. The van der Waals surface area contributed by atoms with Crippen LogP contribution in [0, 0.1) is 17.5 Å². The highest BCUT2D eigenvalue weighted by Gasteiger charge is 2.26. The monoisotopic (exact) mass is 432 g/mol. The van der Waals surface area contributed by atoms with E-state index in [1.165, 1.54) is 40.3 Å². The second-order valence-electron chi connectivity index (χ2n) is 5.77. The first-order valence-electron chi connectivity index (χ1n) is 8.24. The van der Waals surface area contributed by atoms with Crippen molar-refractivity contribution in [1.29, 1.82) is 0 Å². The SMILES string of the molecule is CCS(=O)(=O)N(C)c1cc(OC)c(OC)cc1C(=O)Nc1ccc(F)c(F)c1F. The Kier molecular flexibility index (Phi) is 6.62. The maximum absolute atomic E-state index is 13.9. The maximum atomic E-state index is 13.9. The van der Waals surface area contributed by atoms with Gasteiger partial charge in [0, 0.05) is 13.1 Å². The molecule has 2 aromatic rings. The Morgan fingerprint density at radius 1 is 1.07 bits per heavy atom. The van der Waals surface area contributed by atoms with Gasteiger partial charge in [0.15, 0.2) is 29.0 Å². The van der Waals surface area contributed by atoms with Crippen molar-refractivity contribution in [1.82, 2.24) is 0 Å². The van der Waals surface area contributed by atoms with Gasteiger partial charge in [0.1, 0.15) is 0 Å². The normalized spacial score (nSPS) is 11.1. The predicted octanol–water partition coefficient (Wildman–Crippen LogP) is 3.16. The lowest BCUT2D eigenvalue weighted by Gasteiger charge is -2.23. The number of rotatable bonds is 7. The molecule has 0 unspecified atom stereocenters. The molecule has 1 amide bonds. The van der Waals surface area contributed by atoms with Crippen LogP contribution < -0.4 is 19.1 Å². The van der Waals surface area contributed by atoms with Gasteiger partial charge in [-0.25, -0.2) is 21.6 Å². The molecule has 11 heteroatoms. The number of hydrogen-bond acceptors (Lipinski definition) is 5. The Balaban J connectivity index is 2.60. The van der Waals surface area contributed by atoms with Crippen molar-refractivity contribution < 1.29 is 35.9 Å². The van der Waals surface area contributed by atoms with Gasteiger partial charge in [-0.1, -0.05) is 0 Å². The molecule has 2 rings (SSSR count). The zero-order chi connectivity index (χ0) is 21.9. The Morgan fingerprint density at radius 2 is 1.66 bits per heavy atom. The largest absolute Gasteiger partial charge is 0.493 e. The number of nitrogens with zero attached hydrogens (tertiary/aromatic N) is 1. The topological polar surface area (TPSA) is 84.9 Å². The van der Waals surface area contributed by atoms with E-state index < -0.39 is 39.1 Å². The molecule has 158 valence electrons. The van der Waals surface area contributed by atoms with E-state index in [4.69, 9.17) is 9.47 Å². The molecule has 0 spiro atoms. The molecule has 0 aliphatic carbocycles. The van der Waals surface area contributed by atoms with Gasteiger partial charge in [0.05, 0.1) is 36.9 Å². The number of benzene rings is 2. The lowest BCUT2D eigenvalue weighted by molar-refractivity contribution is 0.102. The van der Waals surface area contributed by atoms with Crippen LogP contribution in [0.5, 0.6) is 11.5 Å². The average Bonchev–Trinajstić information content (AvgIpc) is 2.72. The molecule has 0 fully saturated rings. The highest BCUT2D eigenvalue weighted by molar-refractivity contribution is 7.92. The molecule has 2 aromatic carbocycles. The zero-order valence-electron chi connectivity index (χ0n) is 16.0. The van der Waals surface area contributed by atoms with Crippen LogP contribution in [0.2, 0.25) is 0 Å². The van der Waals surface area contributed by atoms with Crippen LogP contribution in [0.25, 0.3) is 0 Å². The molecule has 0 saturated carbocycles. The van der Waals surface area contributed by atoms with E-state index in [1.807, 2.05) is 0 Å². The van der Waals surface area contributed by atoms with Crippen LogP contribution in [0.4, 0.5) is 24.5 Å². The molecule has 0 radical (unpaired) electrons. The third-order valence-electron chi connectivity index (χ3n) is 4.15. The molecule has 0 aliphatic heterocycles. The molecule has 0 bridgehead atoms. The molecular formula is C18H19F3N2O5S. The van der Waals surface area contributed by atoms with Gasteiger partial charge in [0.2, 0.25) is 10.0 Å². The summed E-state index contributed by atoms with van der Waals surface area (Å²) < 4.78 is 76.2. The molecule has 29 heavy (non-hydrogen) atoms. The van der Waals surface area contributed by atoms with Crippen molar-refractivity contribution in [3.63, 3.8) is 0 Å². The fourth-order valence-corrected chi connectivity index (χ4v) is 3.30. The van der Waals surface area contributed by atoms with Crippen molar-refractivity contribution in [2.24, 2.45) is 0 Å². The van der Waals surface area contributed by atoms with E-state index in [2.05, 4.69) is 5.32 Å². The van der Waals surface area contributed by atoms with Crippen LogP contribution in [0.1, 0.15) is 17.3 Å². The number of amides is 1. The highest BCUT2D eigenvalue weighted by Crippen LogP contribution is 2.36. The van der Waals surface area contributed by atoms with Crippen molar-refractivity contribution in [3.8, 4) is 11.5 Å². The summed E-state index contributed by atoms with van der Waals surface area (Å²) in [6, 6.07) is 3.96. The first-order chi connectivity index (χ1) is 13.6. The van der Waals surface area contributed by atoms with E-state index in [0.717, 1.165) is 10.4 Å². The fourth-order valence-electron chi connectivity index (χ4n) is 2.47. The number of ether oxygens (including phenoxy) is 2. The fraction of sp³-hybridized carbons (Fsp3) is 0.278. The number of carbonyl (C=O) groups excluding carboxylic acids is 1.